The van der Waals surface area contributed by atoms with Gasteiger partial charge in [0.25, 0.3) is 0 Å². The quantitative estimate of drug-likeness (QED) is 0.891. The van der Waals surface area contributed by atoms with Gasteiger partial charge >= 0.3 is 5.97 Å². The Labute approximate surface area is 109 Å². The number of hydrogen-bond acceptors (Lipinski definition) is 2. The molecule has 1 atom stereocenters. The van der Waals surface area contributed by atoms with Crippen molar-refractivity contribution in [1.82, 2.24) is 0 Å². The number of aliphatic carboxylic acids is 1. The lowest BCUT2D eigenvalue weighted by atomic mass is 9.68. The number of halogens is 2. The smallest absolute Gasteiger partial charge is 0.313 e. The number of benzene rings is 1. The van der Waals surface area contributed by atoms with E-state index in [1.54, 1.807) is 12.1 Å². The van der Waals surface area contributed by atoms with Crippen molar-refractivity contribution >= 4 is 29.2 Å². The van der Waals surface area contributed by atoms with Crippen LogP contribution < -0.4 is 0 Å². The first kappa shape index (κ1) is 12.7. The Morgan fingerprint density at radius 1 is 1.29 bits per heavy atom. The maximum absolute atomic E-state index is 11.3. The number of hydrogen-bond donors (Lipinski definition) is 2. The maximum atomic E-state index is 11.3. The summed E-state index contributed by atoms with van der Waals surface area (Å²) in [6, 6.07) is 4.67. The molecule has 1 unspecified atom stereocenters. The van der Waals surface area contributed by atoms with E-state index in [-0.39, 0.29) is 0 Å². The fraction of sp³-hybridized carbons (Fsp3) is 0.417. The lowest BCUT2D eigenvalue weighted by Gasteiger charge is -2.41. The monoisotopic (exact) mass is 274 g/mol. The topological polar surface area (TPSA) is 57.5 Å². The number of carboxylic acid groups (broad SMARTS) is 1. The summed E-state index contributed by atoms with van der Waals surface area (Å²) in [5, 5.41) is 20.1. The predicted octanol–water partition coefficient (Wildman–Crippen LogP) is 3.08. The number of rotatable bonds is 3. The number of carbonyl (C=O) groups is 1. The summed E-state index contributed by atoms with van der Waals surface area (Å²) in [5.41, 5.74) is -0.655. The SMILES string of the molecule is O=C(O)C(c1ccc(Cl)c(Cl)c1)C1(O)CCC1. The van der Waals surface area contributed by atoms with Gasteiger partial charge < -0.3 is 10.2 Å². The van der Waals surface area contributed by atoms with Crippen LogP contribution in [0.5, 0.6) is 0 Å². The summed E-state index contributed by atoms with van der Waals surface area (Å²) in [6.45, 7) is 0. The van der Waals surface area contributed by atoms with E-state index in [1.807, 2.05) is 0 Å². The Morgan fingerprint density at radius 2 is 1.94 bits per heavy atom. The highest BCUT2D eigenvalue weighted by molar-refractivity contribution is 6.42. The second kappa shape index (κ2) is 4.48. The van der Waals surface area contributed by atoms with E-state index in [0.29, 0.717) is 28.5 Å². The normalized spacial score (nSPS) is 19.5. The minimum atomic E-state index is -1.15. The zero-order chi connectivity index (χ0) is 12.6. The molecule has 3 nitrogen and oxygen atoms in total. The zero-order valence-electron chi connectivity index (χ0n) is 8.99. The Hall–Kier alpha value is -0.770. The molecule has 1 fully saturated rings. The van der Waals surface area contributed by atoms with Crippen molar-refractivity contribution in [3.05, 3.63) is 33.8 Å². The molecule has 0 amide bonds. The molecule has 0 saturated heterocycles. The van der Waals surface area contributed by atoms with Crippen molar-refractivity contribution in [3.8, 4) is 0 Å². The molecule has 1 saturated carbocycles. The van der Waals surface area contributed by atoms with Crippen LogP contribution >= 0.6 is 23.2 Å². The standard InChI is InChI=1S/C12H12Cl2O3/c13-8-3-2-7(6-9(8)14)10(11(15)16)12(17)4-1-5-12/h2-3,6,10,17H,1,4-5H2,(H,15,16). The summed E-state index contributed by atoms with van der Waals surface area (Å²) in [4.78, 5) is 11.3. The Balaban J connectivity index is 2.39. The van der Waals surface area contributed by atoms with Gasteiger partial charge in [-0.25, -0.2) is 0 Å². The molecule has 2 N–H and O–H groups in total. The van der Waals surface area contributed by atoms with Gasteiger partial charge in [-0.05, 0) is 37.0 Å². The molecule has 0 spiro atoms. The Bertz CT molecular complexity index is 455. The summed E-state index contributed by atoms with van der Waals surface area (Å²) < 4.78 is 0. The van der Waals surface area contributed by atoms with E-state index >= 15 is 0 Å². The molecule has 92 valence electrons. The summed E-state index contributed by atoms with van der Waals surface area (Å²) >= 11 is 11.7. The number of aliphatic hydroxyl groups is 1. The fourth-order valence-corrected chi connectivity index (χ4v) is 2.51. The van der Waals surface area contributed by atoms with Gasteiger partial charge in [-0.3, -0.25) is 4.79 Å². The lowest BCUT2D eigenvalue weighted by molar-refractivity contribution is -0.151. The molecular formula is C12H12Cl2O3. The minimum Gasteiger partial charge on any atom is -0.481 e. The molecule has 0 aromatic heterocycles. The second-order valence-corrected chi connectivity index (χ2v) is 5.22. The van der Waals surface area contributed by atoms with Gasteiger partial charge in [-0.15, -0.1) is 0 Å². The van der Waals surface area contributed by atoms with Crippen molar-refractivity contribution < 1.29 is 15.0 Å². The van der Waals surface area contributed by atoms with Crippen molar-refractivity contribution in [1.29, 1.82) is 0 Å². The van der Waals surface area contributed by atoms with E-state index in [0.717, 1.165) is 6.42 Å². The van der Waals surface area contributed by atoms with Gasteiger partial charge in [0.15, 0.2) is 0 Å². The molecule has 0 heterocycles. The van der Waals surface area contributed by atoms with E-state index in [9.17, 15) is 15.0 Å². The van der Waals surface area contributed by atoms with Gasteiger partial charge in [0, 0.05) is 0 Å². The highest BCUT2D eigenvalue weighted by Crippen LogP contribution is 2.44. The molecule has 17 heavy (non-hydrogen) atoms. The third-order valence-electron chi connectivity index (χ3n) is 3.28. The molecule has 1 aliphatic rings. The van der Waals surface area contributed by atoms with Gasteiger partial charge in [0.2, 0.25) is 0 Å². The summed E-state index contributed by atoms with van der Waals surface area (Å²) in [7, 11) is 0. The van der Waals surface area contributed by atoms with Gasteiger partial charge in [-0.1, -0.05) is 29.3 Å². The molecular weight excluding hydrogens is 263 g/mol. The Morgan fingerprint density at radius 3 is 2.35 bits per heavy atom. The van der Waals surface area contributed by atoms with E-state index in [1.165, 1.54) is 6.07 Å². The van der Waals surface area contributed by atoms with Crippen LogP contribution in [0.3, 0.4) is 0 Å². The molecule has 1 aromatic rings. The van der Waals surface area contributed by atoms with Crippen LogP contribution in [0, 0.1) is 0 Å². The third-order valence-corrected chi connectivity index (χ3v) is 4.02. The highest BCUT2D eigenvalue weighted by atomic mass is 35.5. The van der Waals surface area contributed by atoms with Gasteiger partial charge in [-0.2, -0.15) is 0 Å². The van der Waals surface area contributed by atoms with Crippen LogP contribution in [0.2, 0.25) is 10.0 Å². The first-order valence-corrected chi connectivity index (χ1v) is 6.10. The summed E-state index contributed by atoms with van der Waals surface area (Å²) in [5.74, 6) is -1.98. The molecule has 1 aromatic carbocycles. The minimum absolute atomic E-state index is 0.304. The Kier molecular flexibility index (Phi) is 3.34. The predicted molar refractivity (Wildman–Crippen MR) is 65.6 cm³/mol. The second-order valence-electron chi connectivity index (χ2n) is 4.40. The van der Waals surface area contributed by atoms with Crippen LogP contribution in [0.4, 0.5) is 0 Å². The third kappa shape index (κ3) is 2.28. The molecule has 0 radical (unpaired) electrons. The highest BCUT2D eigenvalue weighted by Gasteiger charge is 2.47. The van der Waals surface area contributed by atoms with Crippen molar-refractivity contribution in [3.63, 3.8) is 0 Å². The first-order chi connectivity index (χ1) is 7.94. The van der Waals surface area contributed by atoms with Crippen LogP contribution in [-0.4, -0.2) is 21.8 Å². The largest absolute Gasteiger partial charge is 0.481 e. The van der Waals surface area contributed by atoms with Crippen LogP contribution in [0.15, 0.2) is 18.2 Å². The van der Waals surface area contributed by atoms with Crippen LogP contribution in [0.25, 0.3) is 0 Å². The van der Waals surface area contributed by atoms with E-state index < -0.39 is 17.5 Å². The van der Waals surface area contributed by atoms with Crippen molar-refractivity contribution in [2.24, 2.45) is 0 Å². The van der Waals surface area contributed by atoms with Gasteiger partial charge in [0.1, 0.15) is 5.92 Å². The molecule has 0 bridgehead atoms. The van der Waals surface area contributed by atoms with E-state index in [4.69, 9.17) is 23.2 Å². The number of carboxylic acids is 1. The molecule has 0 aliphatic heterocycles. The lowest BCUT2D eigenvalue weighted by Crippen LogP contribution is -2.46. The maximum Gasteiger partial charge on any atom is 0.313 e. The van der Waals surface area contributed by atoms with Crippen LogP contribution in [-0.2, 0) is 4.79 Å². The zero-order valence-corrected chi connectivity index (χ0v) is 10.5. The first-order valence-electron chi connectivity index (χ1n) is 5.34. The average molecular weight is 275 g/mol. The van der Waals surface area contributed by atoms with Gasteiger partial charge in [0.05, 0.1) is 15.6 Å². The van der Waals surface area contributed by atoms with Crippen molar-refractivity contribution in [2.75, 3.05) is 0 Å². The summed E-state index contributed by atoms with van der Waals surface area (Å²) in [6.07, 6.45) is 1.86. The van der Waals surface area contributed by atoms with Crippen molar-refractivity contribution in [2.45, 2.75) is 30.8 Å². The molecule has 2 rings (SSSR count). The fourth-order valence-electron chi connectivity index (χ4n) is 2.20. The average Bonchev–Trinajstić information content (AvgIpc) is 2.20. The molecule has 1 aliphatic carbocycles. The molecule has 5 heteroatoms. The van der Waals surface area contributed by atoms with Crippen LogP contribution in [0.1, 0.15) is 30.7 Å². The van der Waals surface area contributed by atoms with E-state index in [2.05, 4.69) is 0 Å².